The molecule has 10 nitrogen and oxygen atoms in total. The summed E-state index contributed by atoms with van der Waals surface area (Å²) < 4.78 is 52.0. The maximum Gasteiger partial charge on any atom is 0.319 e. The van der Waals surface area contributed by atoms with Gasteiger partial charge in [0.05, 0.1) is 29.8 Å². The molecule has 2 aromatic heterocycles. The van der Waals surface area contributed by atoms with E-state index in [0.717, 1.165) is 31.5 Å². The number of amides is 1. The van der Waals surface area contributed by atoms with Crippen molar-refractivity contribution in [3.63, 3.8) is 0 Å². The summed E-state index contributed by atoms with van der Waals surface area (Å²) >= 11 is 0. The van der Waals surface area contributed by atoms with Gasteiger partial charge in [-0.3, -0.25) is 9.78 Å². The van der Waals surface area contributed by atoms with Crippen molar-refractivity contribution < 1.29 is 27.8 Å². The number of aromatic nitrogens is 3. The van der Waals surface area contributed by atoms with Crippen molar-refractivity contribution >= 4 is 28.7 Å². The molecule has 0 aliphatic carbocycles. The molecule has 2 fully saturated rings. The molecule has 6 rings (SSSR count). The lowest BCUT2D eigenvalue weighted by atomic mass is 10.0. The molecule has 4 aromatic rings. The molecule has 0 spiro atoms. The van der Waals surface area contributed by atoms with Crippen LogP contribution in [0, 0.1) is 23.0 Å². The Hall–Kier alpha value is -5.22. The van der Waals surface area contributed by atoms with Crippen molar-refractivity contribution in [3.8, 4) is 29.0 Å². The molecule has 2 N–H and O–H groups in total. The van der Waals surface area contributed by atoms with E-state index in [4.69, 9.17) is 4.74 Å². The Morgan fingerprint density at radius 1 is 1.15 bits per heavy atom. The number of nitrogens with zero attached hydrogens (tertiary/aromatic N) is 6. The predicted octanol–water partition coefficient (Wildman–Crippen LogP) is 4.75. The minimum absolute atomic E-state index is 0.0476. The second-order valence-electron chi connectivity index (χ2n) is 11.1. The number of hydrogen-bond acceptors (Lipinski definition) is 9. The van der Waals surface area contributed by atoms with Crippen LogP contribution in [-0.2, 0) is 4.79 Å². The molecule has 2 aliphatic heterocycles. The van der Waals surface area contributed by atoms with E-state index in [1.54, 1.807) is 23.1 Å². The van der Waals surface area contributed by atoms with Gasteiger partial charge < -0.3 is 25.0 Å². The van der Waals surface area contributed by atoms with Gasteiger partial charge in [-0.1, -0.05) is 18.2 Å². The summed E-state index contributed by atoms with van der Waals surface area (Å²) in [6.07, 6.45) is 4.32. The predicted molar refractivity (Wildman–Crippen MR) is 164 cm³/mol. The van der Waals surface area contributed by atoms with Crippen molar-refractivity contribution in [2.24, 2.45) is 0 Å². The van der Waals surface area contributed by atoms with Gasteiger partial charge in [0, 0.05) is 48.9 Å². The Bertz CT molecular complexity index is 1810. The minimum Gasteiger partial charge on any atom is -0.507 e. The molecule has 46 heavy (non-hydrogen) atoms. The number of halogens is 3. The fourth-order valence-corrected chi connectivity index (χ4v) is 5.86. The van der Waals surface area contributed by atoms with Crippen LogP contribution >= 0.6 is 0 Å². The van der Waals surface area contributed by atoms with Gasteiger partial charge >= 0.3 is 6.01 Å². The number of carbonyl (C=O) groups is 1. The summed E-state index contributed by atoms with van der Waals surface area (Å²) in [5.41, 5.74) is -0.369. The lowest BCUT2D eigenvalue weighted by Gasteiger charge is -2.41. The van der Waals surface area contributed by atoms with Gasteiger partial charge in [-0.05, 0) is 49.7 Å². The monoisotopic (exact) mass is 629 g/mol. The normalized spacial score (nSPS) is 18.5. The van der Waals surface area contributed by atoms with Crippen LogP contribution in [0.5, 0.6) is 11.8 Å². The third-order valence-electron chi connectivity index (χ3n) is 8.14. The molecule has 4 heterocycles. The molecule has 2 atom stereocenters. The molecule has 236 valence electrons. The average molecular weight is 630 g/mol. The number of phenols is 1. The Kier molecular flexibility index (Phi) is 8.98. The summed E-state index contributed by atoms with van der Waals surface area (Å²) in [4.78, 5) is 29.2. The highest BCUT2D eigenvalue weighted by Crippen LogP contribution is 2.38. The van der Waals surface area contributed by atoms with Gasteiger partial charge in [0.15, 0.2) is 11.6 Å². The lowest BCUT2D eigenvalue weighted by molar-refractivity contribution is -0.131. The Morgan fingerprint density at radius 2 is 2.02 bits per heavy atom. The quantitative estimate of drug-likeness (QED) is 0.266. The lowest BCUT2D eigenvalue weighted by Crippen LogP contribution is -2.55. The number of piperazine rings is 1. The minimum atomic E-state index is -1.01. The number of pyridine rings is 1. The molecule has 0 radical (unpaired) electrons. The number of fused-ring (bicyclic) bond motifs is 1. The molecule has 2 unspecified atom stereocenters. The van der Waals surface area contributed by atoms with Crippen molar-refractivity contribution in [2.75, 3.05) is 37.7 Å². The molecule has 2 saturated heterocycles. The van der Waals surface area contributed by atoms with E-state index in [2.05, 4.69) is 26.3 Å². The van der Waals surface area contributed by atoms with Crippen LogP contribution in [0.4, 0.5) is 19.0 Å². The number of hydrogen-bond donors (Lipinski definition) is 2. The van der Waals surface area contributed by atoms with Crippen molar-refractivity contribution in [3.05, 3.63) is 77.9 Å². The van der Waals surface area contributed by atoms with Gasteiger partial charge in [-0.25, -0.2) is 13.2 Å². The van der Waals surface area contributed by atoms with E-state index in [9.17, 15) is 19.6 Å². The SMILES string of the molecule is N#CCC1CN(c2nc(OCC3CCCN3)nc3c(F)c(-c4c(O)cccc4F)ccc23)CCN1C(=O)/C(F)=C/c1ccccn1. The van der Waals surface area contributed by atoms with Gasteiger partial charge in [0.2, 0.25) is 0 Å². The number of rotatable bonds is 8. The number of aromatic hydroxyl groups is 1. The smallest absolute Gasteiger partial charge is 0.319 e. The van der Waals surface area contributed by atoms with Crippen LogP contribution in [0.2, 0.25) is 0 Å². The molecular formula is C33H30F3N7O3. The zero-order valence-corrected chi connectivity index (χ0v) is 24.7. The number of phenolic OH excluding ortho intramolecular Hbond substituents is 1. The summed E-state index contributed by atoms with van der Waals surface area (Å²) in [6, 6.07) is 12.8. The van der Waals surface area contributed by atoms with Crippen molar-refractivity contribution in [2.45, 2.75) is 31.3 Å². The van der Waals surface area contributed by atoms with Crippen molar-refractivity contribution in [1.82, 2.24) is 25.2 Å². The third-order valence-corrected chi connectivity index (χ3v) is 8.14. The first-order valence-electron chi connectivity index (χ1n) is 14.9. The van der Waals surface area contributed by atoms with Gasteiger partial charge in [0.25, 0.3) is 5.91 Å². The summed E-state index contributed by atoms with van der Waals surface area (Å²) in [6.45, 7) is 1.40. The molecule has 2 aliphatic rings. The molecule has 13 heteroatoms. The first-order chi connectivity index (χ1) is 22.3. The largest absolute Gasteiger partial charge is 0.507 e. The molecule has 2 aromatic carbocycles. The van der Waals surface area contributed by atoms with Crippen LogP contribution in [0.15, 0.2) is 60.6 Å². The number of ether oxygens (including phenoxy) is 1. The van der Waals surface area contributed by atoms with Crippen LogP contribution < -0.4 is 15.0 Å². The topological polar surface area (TPSA) is 128 Å². The van der Waals surface area contributed by atoms with Crippen LogP contribution in [0.25, 0.3) is 28.1 Å². The first-order valence-corrected chi connectivity index (χ1v) is 14.9. The van der Waals surface area contributed by atoms with Gasteiger partial charge in [0.1, 0.15) is 29.5 Å². The number of benzene rings is 2. The number of nitriles is 1. The van der Waals surface area contributed by atoms with E-state index in [-0.39, 0.29) is 78.3 Å². The summed E-state index contributed by atoms with van der Waals surface area (Å²) in [5, 5.41) is 23.5. The summed E-state index contributed by atoms with van der Waals surface area (Å²) in [7, 11) is 0. The second-order valence-corrected chi connectivity index (χ2v) is 11.1. The van der Waals surface area contributed by atoms with Gasteiger partial charge in [-0.2, -0.15) is 15.2 Å². The van der Waals surface area contributed by atoms with E-state index in [1.165, 1.54) is 35.4 Å². The Labute approximate surface area is 262 Å². The Balaban J connectivity index is 1.36. The maximum atomic E-state index is 16.2. The molecule has 1 amide bonds. The second kappa shape index (κ2) is 13.4. The van der Waals surface area contributed by atoms with Crippen LogP contribution in [-0.4, -0.2) is 75.7 Å². The number of nitrogens with one attached hydrogen (secondary N) is 1. The molecule has 0 saturated carbocycles. The highest BCUT2D eigenvalue weighted by atomic mass is 19.1. The van der Waals surface area contributed by atoms with Crippen LogP contribution in [0.3, 0.4) is 0 Å². The summed E-state index contributed by atoms with van der Waals surface area (Å²) in [5.74, 6) is -3.71. The molecule has 0 bridgehead atoms. The first kappa shape index (κ1) is 30.8. The fraction of sp³-hybridized carbons (Fsp3) is 0.303. The third kappa shape index (κ3) is 6.29. The van der Waals surface area contributed by atoms with Gasteiger partial charge in [-0.15, -0.1) is 0 Å². The van der Waals surface area contributed by atoms with Crippen LogP contribution in [0.1, 0.15) is 25.0 Å². The number of carbonyl (C=O) groups excluding carboxylic acids is 1. The van der Waals surface area contributed by atoms with Crippen molar-refractivity contribution in [1.29, 1.82) is 5.26 Å². The van der Waals surface area contributed by atoms with E-state index >= 15 is 8.78 Å². The van der Waals surface area contributed by atoms with E-state index in [0.29, 0.717) is 0 Å². The van der Waals surface area contributed by atoms with E-state index in [1.807, 2.05) is 0 Å². The molecular weight excluding hydrogens is 599 g/mol. The average Bonchev–Trinajstić information content (AvgIpc) is 3.59. The highest BCUT2D eigenvalue weighted by Gasteiger charge is 2.34. The fourth-order valence-electron chi connectivity index (χ4n) is 5.86. The number of anilines is 1. The van der Waals surface area contributed by atoms with E-state index < -0.39 is 35.2 Å². The zero-order chi connectivity index (χ0) is 32.2. The highest BCUT2D eigenvalue weighted by molar-refractivity contribution is 5.96. The zero-order valence-electron chi connectivity index (χ0n) is 24.7. The Morgan fingerprint density at radius 3 is 2.76 bits per heavy atom. The standard InChI is InChI=1S/C33H30F3N7O3/c34-25-7-3-8-27(44)28(25)23-9-10-24-30(29(23)36)40-33(46-19-21-6-4-14-39-21)41-31(24)42-15-16-43(22(18-42)11-12-37)32(45)26(35)17-20-5-1-2-13-38-20/h1-3,5,7-10,13,17,21-22,39,44H,4,6,11,14-16,18-19H2/b26-17-. The maximum absolute atomic E-state index is 16.2.